The van der Waals surface area contributed by atoms with E-state index in [1.807, 2.05) is 0 Å². The van der Waals surface area contributed by atoms with Gasteiger partial charge in [0.2, 0.25) is 0 Å². The van der Waals surface area contributed by atoms with Crippen molar-refractivity contribution < 1.29 is 14.6 Å². The Labute approximate surface area is 102 Å². The number of rotatable bonds is 1. The van der Waals surface area contributed by atoms with Gasteiger partial charge >= 0.3 is 5.97 Å². The highest BCUT2D eigenvalue weighted by Crippen LogP contribution is 2.33. The molecule has 1 aromatic carbocycles. The second-order valence-corrected chi connectivity index (χ2v) is 4.20. The van der Waals surface area contributed by atoms with E-state index in [1.165, 1.54) is 6.07 Å². The Morgan fingerprint density at radius 1 is 1.38 bits per heavy atom. The summed E-state index contributed by atoms with van der Waals surface area (Å²) in [4.78, 5) is 10.9. The molecule has 0 spiro atoms. The summed E-state index contributed by atoms with van der Waals surface area (Å²) < 4.78 is 5.35. The molecule has 1 N–H and O–H groups in total. The van der Waals surface area contributed by atoms with Gasteiger partial charge in [-0.2, -0.15) is 0 Å². The normalized spacial score (nSPS) is 18.5. The summed E-state index contributed by atoms with van der Waals surface area (Å²) in [6, 6.07) is 3.19. The fourth-order valence-corrected chi connectivity index (χ4v) is 1.77. The Morgan fingerprint density at radius 3 is 2.75 bits per heavy atom. The van der Waals surface area contributed by atoms with Crippen molar-refractivity contribution in [3.63, 3.8) is 0 Å². The molecule has 0 bridgehead atoms. The van der Waals surface area contributed by atoms with Crippen molar-refractivity contribution in [2.45, 2.75) is 12.5 Å². The predicted octanol–water partition coefficient (Wildman–Crippen LogP) is 3.24. The van der Waals surface area contributed by atoms with Crippen LogP contribution in [0.4, 0.5) is 0 Å². The standard InChI is InChI=1S/C11H8Cl2O3/c12-7-4-6-2-1-3-9(11(14)15)16-10(6)5-8(7)13/h1-2,4-5,9H,3H2,(H,14,15). The molecule has 0 amide bonds. The lowest BCUT2D eigenvalue weighted by atomic mass is 10.2. The largest absolute Gasteiger partial charge is 0.478 e. The van der Waals surface area contributed by atoms with Crippen molar-refractivity contribution in [2.75, 3.05) is 0 Å². The van der Waals surface area contributed by atoms with Crippen LogP contribution in [0, 0.1) is 0 Å². The molecule has 0 aromatic heterocycles. The summed E-state index contributed by atoms with van der Waals surface area (Å²) in [6.45, 7) is 0. The fraction of sp³-hybridized carbons (Fsp3) is 0.182. The number of carbonyl (C=O) groups is 1. The van der Waals surface area contributed by atoms with Crippen LogP contribution in [0.1, 0.15) is 12.0 Å². The zero-order valence-electron chi connectivity index (χ0n) is 8.11. The molecule has 5 heteroatoms. The van der Waals surface area contributed by atoms with Crippen molar-refractivity contribution in [1.82, 2.24) is 0 Å². The quantitative estimate of drug-likeness (QED) is 0.842. The topological polar surface area (TPSA) is 46.5 Å². The van der Waals surface area contributed by atoms with E-state index in [-0.39, 0.29) is 0 Å². The molecule has 0 radical (unpaired) electrons. The van der Waals surface area contributed by atoms with Gasteiger partial charge in [0.05, 0.1) is 10.0 Å². The first-order valence-corrected chi connectivity index (χ1v) is 5.38. The van der Waals surface area contributed by atoms with Gasteiger partial charge in [0.25, 0.3) is 0 Å². The zero-order chi connectivity index (χ0) is 11.7. The third-order valence-corrected chi connectivity index (χ3v) is 2.97. The summed E-state index contributed by atoms with van der Waals surface area (Å²) in [5, 5.41) is 9.66. The van der Waals surface area contributed by atoms with Crippen LogP contribution in [-0.4, -0.2) is 17.2 Å². The molecule has 16 heavy (non-hydrogen) atoms. The average molecular weight is 259 g/mol. The van der Waals surface area contributed by atoms with Crippen molar-refractivity contribution in [3.05, 3.63) is 33.8 Å². The second-order valence-electron chi connectivity index (χ2n) is 3.39. The molecule has 0 fully saturated rings. The van der Waals surface area contributed by atoms with Crippen molar-refractivity contribution in [3.8, 4) is 5.75 Å². The van der Waals surface area contributed by atoms with Gasteiger partial charge in [-0.3, -0.25) is 0 Å². The van der Waals surface area contributed by atoms with Crippen LogP contribution >= 0.6 is 23.2 Å². The Bertz CT molecular complexity index is 469. The van der Waals surface area contributed by atoms with Gasteiger partial charge in [-0.05, 0) is 6.07 Å². The molecule has 1 aromatic rings. The minimum atomic E-state index is -0.997. The number of benzene rings is 1. The molecule has 0 saturated carbocycles. The Morgan fingerprint density at radius 2 is 2.06 bits per heavy atom. The van der Waals surface area contributed by atoms with E-state index < -0.39 is 12.1 Å². The number of aliphatic carboxylic acids is 1. The first kappa shape index (κ1) is 11.3. The summed E-state index contributed by atoms with van der Waals surface area (Å²) in [6.07, 6.45) is 2.96. The molecule has 1 atom stereocenters. The molecule has 0 saturated heterocycles. The lowest BCUT2D eigenvalue weighted by Gasteiger charge is -2.13. The van der Waals surface area contributed by atoms with Crippen LogP contribution in [-0.2, 0) is 4.79 Å². The van der Waals surface area contributed by atoms with Gasteiger partial charge in [0.15, 0.2) is 6.10 Å². The number of hydrogen-bond donors (Lipinski definition) is 1. The second kappa shape index (κ2) is 4.36. The molecule has 2 rings (SSSR count). The summed E-state index contributed by atoms with van der Waals surface area (Å²) in [5.41, 5.74) is 0.734. The van der Waals surface area contributed by atoms with E-state index >= 15 is 0 Å². The highest BCUT2D eigenvalue weighted by molar-refractivity contribution is 6.42. The van der Waals surface area contributed by atoms with Gasteiger partial charge in [0, 0.05) is 18.1 Å². The minimum Gasteiger partial charge on any atom is -0.478 e. The summed E-state index contributed by atoms with van der Waals surface area (Å²) in [7, 11) is 0. The number of halogens is 2. The van der Waals surface area contributed by atoms with Crippen molar-refractivity contribution in [2.24, 2.45) is 0 Å². The minimum absolute atomic E-state index is 0.319. The Kier molecular flexibility index (Phi) is 3.08. The van der Waals surface area contributed by atoms with Crippen molar-refractivity contribution in [1.29, 1.82) is 0 Å². The zero-order valence-corrected chi connectivity index (χ0v) is 9.63. The van der Waals surface area contributed by atoms with Crippen LogP contribution in [0.15, 0.2) is 18.2 Å². The van der Waals surface area contributed by atoms with Gasteiger partial charge in [0.1, 0.15) is 5.75 Å². The molecular formula is C11H8Cl2O3. The molecule has 1 aliphatic rings. The van der Waals surface area contributed by atoms with Crippen LogP contribution in [0.2, 0.25) is 10.0 Å². The molecule has 1 unspecified atom stereocenters. The smallest absolute Gasteiger partial charge is 0.345 e. The van der Waals surface area contributed by atoms with Crippen molar-refractivity contribution >= 4 is 35.2 Å². The number of ether oxygens (including phenoxy) is 1. The maximum Gasteiger partial charge on any atom is 0.345 e. The van der Waals surface area contributed by atoms with Crippen LogP contribution < -0.4 is 4.74 Å². The summed E-state index contributed by atoms with van der Waals surface area (Å²) in [5.74, 6) is -0.556. The van der Waals surface area contributed by atoms with Gasteiger partial charge in [-0.25, -0.2) is 4.79 Å². The predicted molar refractivity (Wildman–Crippen MR) is 62.2 cm³/mol. The van der Waals surface area contributed by atoms with E-state index in [4.69, 9.17) is 33.0 Å². The lowest BCUT2D eigenvalue weighted by molar-refractivity contribution is -0.144. The highest BCUT2D eigenvalue weighted by Gasteiger charge is 2.21. The average Bonchev–Trinajstić information content (AvgIpc) is 2.41. The summed E-state index contributed by atoms with van der Waals surface area (Å²) >= 11 is 11.7. The SMILES string of the molecule is O=C(O)C1CC=Cc2cc(Cl)c(Cl)cc2O1. The van der Waals surface area contributed by atoms with Gasteiger partial charge < -0.3 is 9.84 Å². The third-order valence-electron chi connectivity index (χ3n) is 2.24. The molecule has 3 nitrogen and oxygen atoms in total. The van der Waals surface area contributed by atoms with Gasteiger partial charge in [-0.15, -0.1) is 0 Å². The van der Waals surface area contributed by atoms with Crippen LogP contribution in [0.5, 0.6) is 5.75 Å². The Hall–Kier alpha value is -1.19. The first-order chi connectivity index (χ1) is 7.58. The molecule has 0 aliphatic carbocycles. The fourth-order valence-electron chi connectivity index (χ4n) is 1.45. The van der Waals surface area contributed by atoms with Crippen LogP contribution in [0.3, 0.4) is 0 Å². The molecular weight excluding hydrogens is 251 g/mol. The number of hydrogen-bond acceptors (Lipinski definition) is 2. The lowest BCUT2D eigenvalue weighted by Crippen LogP contribution is -2.25. The monoisotopic (exact) mass is 258 g/mol. The van der Waals surface area contributed by atoms with E-state index in [0.717, 1.165) is 5.56 Å². The van der Waals surface area contributed by atoms with E-state index in [2.05, 4.69) is 0 Å². The third kappa shape index (κ3) is 2.15. The van der Waals surface area contributed by atoms with E-state index in [1.54, 1.807) is 18.2 Å². The maximum atomic E-state index is 10.9. The molecule has 84 valence electrons. The van der Waals surface area contributed by atoms with Crippen LogP contribution in [0.25, 0.3) is 6.08 Å². The van der Waals surface area contributed by atoms with E-state index in [9.17, 15) is 4.79 Å². The number of carboxylic acids is 1. The van der Waals surface area contributed by atoms with E-state index in [0.29, 0.717) is 22.2 Å². The number of carboxylic acid groups (broad SMARTS) is 1. The molecule has 1 aliphatic heterocycles. The molecule has 1 heterocycles. The Balaban J connectivity index is 2.43. The number of fused-ring (bicyclic) bond motifs is 1. The van der Waals surface area contributed by atoms with Gasteiger partial charge in [-0.1, -0.05) is 35.4 Å². The maximum absolute atomic E-state index is 10.9. The first-order valence-electron chi connectivity index (χ1n) is 4.63. The highest BCUT2D eigenvalue weighted by atomic mass is 35.5.